The molecule has 2 aromatic carbocycles. The van der Waals surface area contributed by atoms with E-state index in [1.807, 2.05) is 49.4 Å². The summed E-state index contributed by atoms with van der Waals surface area (Å²) in [7, 11) is 0. The van der Waals surface area contributed by atoms with E-state index >= 15 is 0 Å². The molecule has 3 heteroatoms. The average Bonchev–Trinajstić information content (AvgIpc) is 2.37. The molecule has 19 heavy (non-hydrogen) atoms. The highest BCUT2D eigenvalue weighted by Gasteiger charge is 2.05. The predicted molar refractivity (Wildman–Crippen MR) is 77.6 cm³/mol. The van der Waals surface area contributed by atoms with E-state index in [0.29, 0.717) is 11.4 Å². The largest absolute Gasteiger partial charge is 0.481 e. The number of rotatable bonds is 4. The van der Waals surface area contributed by atoms with Gasteiger partial charge in [0.15, 0.2) is 0 Å². The zero-order valence-corrected chi connectivity index (χ0v) is 11.4. The van der Waals surface area contributed by atoms with Crippen LogP contribution in [0.1, 0.15) is 17.5 Å². The number of aliphatic carboxylic acids is 1. The molecule has 0 radical (unpaired) electrons. The van der Waals surface area contributed by atoms with Crippen molar-refractivity contribution >= 4 is 17.6 Å². The number of carbonyl (C=O) groups is 1. The maximum absolute atomic E-state index is 10.6. The van der Waals surface area contributed by atoms with Gasteiger partial charge in [-0.2, -0.15) is 0 Å². The van der Waals surface area contributed by atoms with Crippen LogP contribution < -0.4 is 0 Å². The molecule has 0 aliphatic carbocycles. The third kappa shape index (κ3) is 3.58. The zero-order chi connectivity index (χ0) is 13.8. The first-order valence-electron chi connectivity index (χ1n) is 6.13. The number of halogens is 1. The Labute approximate surface area is 117 Å². The first kappa shape index (κ1) is 13.6. The van der Waals surface area contributed by atoms with E-state index in [0.717, 1.165) is 22.3 Å². The van der Waals surface area contributed by atoms with Crippen molar-refractivity contribution in [1.29, 1.82) is 0 Å². The maximum Gasteiger partial charge on any atom is 0.303 e. The van der Waals surface area contributed by atoms with E-state index in [9.17, 15) is 4.79 Å². The Morgan fingerprint density at radius 2 is 2.00 bits per heavy atom. The number of carboxylic acids is 1. The van der Waals surface area contributed by atoms with Crippen LogP contribution in [-0.4, -0.2) is 11.1 Å². The smallest absolute Gasteiger partial charge is 0.303 e. The molecule has 0 unspecified atom stereocenters. The van der Waals surface area contributed by atoms with Crippen LogP contribution in [0.2, 0.25) is 5.02 Å². The third-order valence-corrected chi connectivity index (χ3v) is 3.30. The van der Waals surface area contributed by atoms with Crippen molar-refractivity contribution in [1.82, 2.24) is 0 Å². The Morgan fingerprint density at radius 3 is 2.68 bits per heavy atom. The highest BCUT2D eigenvalue weighted by molar-refractivity contribution is 6.30. The molecule has 1 N–H and O–H groups in total. The fourth-order valence-electron chi connectivity index (χ4n) is 2.04. The van der Waals surface area contributed by atoms with Gasteiger partial charge < -0.3 is 5.11 Å². The minimum atomic E-state index is -0.773. The molecule has 0 aromatic heterocycles. The Hall–Kier alpha value is -1.80. The van der Waals surface area contributed by atoms with Crippen LogP contribution in [0.4, 0.5) is 0 Å². The van der Waals surface area contributed by atoms with E-state index in [1.54, 1.807) is 0 Å². The minimum Gasteiger partial charge on any atom is -0.481 e. The number of aryl methyl sites for hydroxylation is 2. The van der Waals surface area contributed by atoms with Crippen molar-refractivity contribution in [3.05, 3.63) is 58.6 Å². The molecule has 98 valence electrons. The van der Waals surface area contributed by atoms with Gasteiger partial charge in [-0.05, 0) is 47.7 Å². The normalized spacial score (nSPS) is 10.4. The number of benzene rings is 2. The van der Waals surface area contributed by atoms with Crippen LogP contribution in [-0.2, 0) is 11.2 Å². The summed E-state index contributed by atoms with van der Waals surface area (Å²) in [6.45, 7) is 2.04. The molecule has 2 nitrogen and oxygen atoms in total. The molecule has 2 rings (SSSR count). The van der Waals surface area contributed by atoms with E-state index in [-0.39, 0.29) is 6.42 Å². The highest BCUT2D eigenvalue weighted by Crippen LogP contribution is 2.27. The van der Waals surface area contributed by atoms with Crippen molar-refractivity contribution in [2.45, 2.75) is 19.8 Å². The van der Waals surface area contributed by atoms with Gasteiger partial charge in [-0.15, -0.1) is 0 Å². The minimum absolute atomic E-state index is 0.151. The fourth-order valence-corrected chi connectivity index (χ4v) is 2.23. The van der Waals surface area contributed by atoms with Crippen LogP contribution in [0.3, 0.4) is 0 Å². The van der Waals surface area contributed by atoms with E-state index in [1.165, 1.54) is 0 Å². The second-order valence-electron chi connectivity index (χ2n) is 4.55. The van der Waals surface area contributed by atoms with Gasteiger partial charge in [0.25, 0.3) is 0 Å². The van der Waals surface area contributed by atoms with Crippen LogP contribution in [0.5, 0.6) is 0 Å². The van der Waals surface area contributed by atoms with Crippen LogP contribution in [0.15, 0.2) is 42.5 Å². The topological polar surface area (TPSA) is 37.3 Å². The molecule has 0 bridgehead atoms. The van der Waals surface area contributed by atoms with Gasteiger partial charge in [0, 0.05) is 11.4 Å². The lowest BCUT2D eigenvalue weighted by molar-refractivity contribution is -0.136. The number of hydrogen-bond donors (Lipinski definition) is 1. The van der Waals surface area contributed by atoms with Gasteiger partial charge in [0.1, 0.15) is 0 Å². The highest BCUT2D eigenvalue weighted by atomic mass is 35.5. The molecule has 0 atom stereocenters. The molecular weight excluding hydrogens is 260 g/mol. The van der Waals surface area contributed by atoms with Crippen LogP contribution in [0, 0.1) is 6.92 Å². The molecule has 0 fully saturated rings. The van der Waals surface area contributed by atoms with Gasteiger partial charge in [0.2, 0.25) is 0 Å². The SMILES string of the molecule is Cc1ccc(CCC(=O)O)cc1-c1cccc(Cl)c1. The first-order chi connectivity index (χ1) is 9.06. The fraction of sp³-hybridized carbons (Fsp3) is 0.188. The summed E-state index contributed by atoms with van der Waals surface area (Å²) >= 11 is 6.01. The molecule has 2 aromatic rings. The van der Waals surface area contributed by atoms with E-state index < -0.39 is 5.97 Å². The number of hydrogen-bond acceptors (Lipinski definition) is 1. The summed E-state index contributed by atoms with van der Waals surface area (Å²) in [5.41, 5.74) is 4.34. The summed E-state index contributed by atoms with van der Waals surface area (Å²) in [4.78, 5) is 10.6. The average molecular weight is 275 g/mol. The molecule has 0 aliphatic rings. The number of carboxylic acid groups (broad SMARTS) is 1. The Kier molecular flexibility index (Phi) is 4.23. The van der Waals surface area contributed by atoms with Gasteiger partial charge in [-0.3, -0.25) is 4.79 Å². The van der Waals surface area contributed by atoms with Crippen molar-refractivity contribution in [2.24, 2.45) is 0 Å². The van der Waals surface area contributed by atoms with Crippen molar-refractivity contribution in [3.8, 4) is 11.1 Å². The van der Waals surface area contributed by atoms with Gasteiger partial charge in [0.05, 0.1) is 0 Å². The first-order valence-corrected chi connectivity index (χ1v) is 6.51. The van der Waals surface area contributed by atoms with Crippen molar-refractivity contribution in [2.75, 3.05) is 0 Å². The van der Waals surface area contributed by atoms with Crippen LogP contribution >= 0.6 is 11.6 Å². The Morgan fingerprint density at radius 1 is 1.21 bits per heavy atom. The summed E-state index contributed by atoms with van der Waals surface area (Å²) in [5, 5.41) is 9.44. The van der Waals surface area contributed by atoms with Gasteiger partial charge in [-0.1, -0.05) is 41.9 Å². The van der Waals surface area contributed by atoms with Gasteiger partial charge in [-0.25, -0.2) is 0 Å². The van der Waals surface area contributed by atoms with Crippen molar-refractivity contribution < 1.29 is 9.90 Å². The van der Waals surface area contributed by atoms with E-state index in [4.69, 9.17) is 16.7 Å². The summed E-state index contributed by atoms with van der Waals surface area (Å²) in [6, 6.07) is 13.7. The molecule has 0 amide bonds. The zero-order valence-electron chi connectivity index (χ0n) is 10.7. The summed E-state index contributed by atoms with van der Waals surface area (Å²) < 4.78 is 0. The molecule has 0 aliphatic heterocycles. The lowest BCUT2D eigenvalue weighted by Crippen LogP contribution is -1.98. The van der Waals surface area contributed by atoms with Crippen LogP contribution in [0.25, 0.3) is 11.1 Å². The molecule has 0 saturated heterocycles. The Balaban J connectivity index is 2.34. The lowest BCUT2D eigenvalue weighted by Gasteiger charge is -2.09. The summed E-state index contributed by atoms with van der Waals surface area (Å²) in [6.07, 6.45) is 0.696. The van der Waals surface area contributed by atoms with Crippen molar-refractivity contribution in [3.63, 3.8) is 0 Å². The molecule has 0 heterocycles. The second-order valence-corrected chi connectivity index (χ2v) is 4.99. The Bertz CT molecular complexity index is 605. The third-order valence-electron chi connectivity index (χ3n) is 3.07. The van der Waals surface area contributed by atoms with E-state index in [2.05, 4.69) is 0 Å². The molecular formula is C16H15ClO2. The second kappa shape index (κ2) is 5.89. The monoisotopic (exact) mass is 274 g/mol. The predicted octanol–water partition coefficient (Wildman–Crippen LogP) is 4.33. The maximum atomic E-state index is 10.6. The lowest BCUT2D eigenvalue weighted by atomic mass is 9.96. The molecule has 0 saturated carbocycles. The quantitative estimate of drug-likeness (QED) is 0.901. The summed E-state index contributed by atoms with van der Waals surface area (Å²) in [5.74, 6) is -0.773. The van der Waals surface area contributed by atoms with Gasteiger partial charge >= 0.3 is 5.97 Å². The molecule has 0 spiro atoms. The standard InChI is InChI=1S/C16H15ClO2/c1-11-5-6-12(7-8-16(18)19)9-15(11)13-3-2-4-14(17)10-13/h2-6,9-10H,7-8H2,1H3,(H,18,19).